The lowest BCUT2D eigenvalue weighted by Gasteiger charge is -2.25. The highest BCUT2D eigenvalue weighted by atomic mass is 16.5. The van der Waals surface area contributed by atoms with E-state index >= 15 is 0 Å². The van der Waals surface area contributed by atoms with Crippen molar-refractivity contribution < 1.29 is 14.6 Å². The van der Waals surface area contributed by atoms with Gasteiger partial charge in [0.2, 0.25) is 0 Å². The Kier molecular flexibility index (Phi) is 4.70. The van der Waals surface area contributed by atoms with Crippen molar-refractivity contribution >= 4 is 5.91 Å². The standard InChI is InChI=1S/C14H23N5O3/c15-10-1-3-11(4-2-10)19-8-13(16-17-19)14(21)18-5-6-22-9-12(20)7-18/h8,10-12,20H,1-7,9,15H2. The first kappa shape index (κ1) is 15.4. The molecule has 122 valence electrons. The second-order valence-corrected chi connectivity index (χ2v) is 6.13. The zero-order chi connectivity index (χ0) is 15.5. The Hall–Kier alpha value is -1.51. The van der Waals surface area contributed by atoms with Crippen molar-refractivity contribution in [3.63, 3.8) is 0 Å². The van der Waals surface area contributed by atoms with E-state index in [0.29, 0.717) is 18.8 Å². The molecule has 1 aliphatic carbocycles. The molecule has 1 saturated carbocycles. The van der Waals surface area contributed by atoms with Gasteiger partial charge in [-0.2, -0.15) is 0 Å². The molecular weight excluding hydrogens is 286 g/mol. The lowest BCUT2D eigenvalue weighted by atomic mass is 9.92. The van der Waals surface area contributed by atoms with Crippen LogP contribution in [0.5, 0.6) is 0 Å². The molecule has 2 heterocycles. The van der Waals surface area contributed by atoms with Crippen LogP contribution < -0.4 is 5.73 Å². The lowest BCUT2D eigenvalue weighted by molar-refractivity contribution is 0.0533. The van der Waals surface area contributed by atoms with Crippen LogP contribution in [0, 0.1) is 0 Å². The number of ether oxygens (including phenoxy) is 1. The summed E-state index contributed by atoms with van der Waals surface area (Å²) in [4.78, 5) is 14.0. The predicted octanol–water partition coefficient (Wildman–Crippen LogP) is -0.446. The molecule has 0 spiro atoms. The molecule has 1 saturated heterocycles. The van der Waals surface area contributed by atoms with Crippen molar-refractivity contribution in [3.8, 4) is 0 Å². The number of hydrogen-bond acceptors (Lipinski definition) is 6. The van der Waals surface area contributed by atoms with E-state index in [1.54, 1.807) is 15.8 Å². The molecule has 1 amide bonds. The van der Waals surface area contributed by atoms with Crippen LogP contribution in [-0.2, 0) is 4.74 Å². The topological polar surface area (TPSA) is 106 Å². The molecule has 0 aromatic carbocycles. The van der Waals surface area contributed by atoms with Crippen LogP contribution in [0.25, 0.3) is 0 Å². The second-order valence-electron chi connectivity index (χ2n) is 6.13. The van der Waals surface area contributed by atoms with Crippen LogP contribution in [0.15, 0.2) is 6.20 Å². The van der Waals surface area contributed by atoms with Crippen molar-refractivity contribution in [1.29, 1.82) is 0 Å². The fourth-order valence-corrected chi connectivity index (χ4v) is 3.06. The molecule has 1 unspecified atom stereocenters. The van der Waals surface area contributed by atoms with Gasteiger partial charge in [-0.15, -0.1) is 5.10 Å². The lowest BCUT2D eigenvalue weighted by Crippen LogP contribution is -2.37. The Morgan fingerprint density at radius 2 is 2.14 bits per heavy atom. The average Bonchev–Trinajstić information content (AvgIpc) is 2.90. The van der Waals surface area contributed by atoms with E-state index in [0.717, 1.165) is 25.7 Å². The highest BCUT2D eigenvalue weighted by Gasteiger charge is 2.26. The summed E-state index contributed by atoms with van der Waals surface area (Å²) < 4.78 is 7.02. The first-order chi connectivity index (χ1) is 10.6. The van der Waals surface area contributed by atoms with E-state index in [9.17, 15) is 9.90 Å². The van der Waals surface area contributed by atoms with Gasteiger partial charge in [-0.05, 0) is 25.7 Å². The first-order valence-electron chi connectivity index (χ1n) is 7.86. The van der Waals surface area contributed by atoms with Crippen molar-refractivity contribution in [3.05, 3.63) is 11.9 Å². The van der Waals surface area contributed by atoms with Crippen LogP contribution in [0.2, 0.25) is 0 Å². The third-order valence-electron chi connectivity index (χ3n) is 4.38. The van der Waals surface area contributed by atoms with E-state index in [-0.39, 0.29) is 31.1 Å². The summed E-state index contributed by atoms with van der Waals surface area (Å²) in [6, 6.07) is 0.548. The largest absolute Gasteiger partial charge is 0.389 e. The van der Waals surface area contributed by atoms with Crippen LogP contribution in [-0.4, -0.2) is 69.4 Å². The summed E-state index contributed by atoms with van der Waals surface area (Å²) in [5.74, 6) is -0.205. The van der Waals surface area contributed by atoms with E-state index in [2.05, 4.69) is 10.3 Å². The maximum Gasteiger partial charge on any atom is 0.276 e. The van der Waals surface area contributed by atoms with Crippen molar-refractivity contribution in [2.24, 2.45) is 5.73 Å². The molecule has 2 fully saturated rings. The van der Waals surface area contributed by atoms with Crippen molar-refractivity contribution in [2.45, 2.75) is 43.9 Å². The molecule has 3 N–H and O–H groups in total. The number of aromatic nitrogens is 3. The second kappa shape index (κ2) is 6.72. The molecule has 2 aliphatic rings. The first-order valence-corrected chi connectivity index (χ1v) is 7.86. The number of nitrogens with zero attached hydrogens (tertiary/aromatic N) is 4. The van der Waals surface area contributed by atoms with Crippen molar-refractivity contribution in [2.75, 3.05) is 26.3 Å². The summed E-state index contributed by atoms with van der Waals surface area (Å²) in [6.07, 6.45) is 4.94. The molecule has 22 heavy (non-hydrogen) atoms. The van der Waals surface area contributed by atoms with Gasteiger partial charge in [0.1, 0.15) is 0 Å². The molecule has 1 atom stereocenters. The van der Waals surface area contributed by atoms with Gasteiger partial charge in [0.25, 0.3) is 5.91 Å². The van der Waals surface area contributed by atoms with Gasteiger partial charge in [0.15, 0.2) is 5.69 Å². The fraction of sp³-hybridized carbons (Fsp3) is 0.786. The summed E-state index contributed by atoms with van der Waals surface area (Å²) in [5.41, 5.74) is 6.24. The zero-order valence-electron chi connectivity index (χ0n) is 12.6. The Balaban J connectivity index is 1.66. The van der Waals surface area contributed by atoms with Gasteiger partial charge >= 0.3 is 0 Å². The smallest absolute Gasteiger partial charge is 0.276 e. The van der Waals surface area contributed by atoms with Gasteiger partial charge in [-0.25, -0.2) is 4.68 Å². The molecule has 8 heteroatoms. The van der Waals surface area contributed by atoms with Gasteiger partial charge in [0, 0.05) is 19.1 Å². The SMILES string of the molecule is NC1CCC(n2cc(C(=O)N3CCOCC(O)C3)nn2)CC1. The van der Waals surface area contributed by atoms with Gasteiger partial charge in [-0.1, -0.05) is 5.21 Å². The zero-order valence-corrected chi connectivity index (χ0v) is 12.6. The monoisotopic (exact) mass is 309 g/mol. The van der Waals surface area contributed by atoms with Crippen LogP contribution in [0.3, 0.4) is 0 Å². The van der Waals surface area contributed by atoms with E-state index in [1.807, 2.05) is 0 Å². The Labute approximate surface area is 129 Å². The van der Waals surface area contributed by atoms with Crippen LogP contribution in [0.4, 0.5) is 0 Å². The van der Waals surface area contributed by atoms with Crippen LogP contribution in [0.1, 0.15) is 42.2 Å². The minimum absolute atomic E-state index is 0.205. The molecule has 1 aliphatic heterocycles. The third kappa shape index (κ3) is 3.45. The third-order valence-corrected chi connectivity index (χ3v) is 4.38. The van der Waals surface area contributed by atoms with Gasteiger partial charge in [0.05, 0.1) is 31.6 Å². The van der Waals surface area contributed by atoms with E-state index in [4.69, 9.17) is 10.5 Å². The summed E-state index contributed by atoms with van der Waals surface area (Å²) in [7, 11) is 0. The summed E-state index contributed by atoms with van der Waals surface area (Å²) in [5, 5.41) is 17.8. The van der Waals surface area contributed by atoms with Crippen molar-refractivity contribution in [1.82, 2.24) is 19.9 Å². The minimum Gasteiger partial charge on any atom is -0.389 e. The summed E-state index contributed by atoms with van der Waals surface area (Å²) in [6.45, 7) is 1.42. The highest BCUT2D eigenvalue weighted by molar-refractivity contribution is 5.92. The van der Waals surface area contributed by atoms with Gasteiger partial charge in [-0.3, -0.25) is 4.79 Å². The van der Waals surface area contributed by atoms with Crippen LogP contribution >= 0.6 is 0 Å². The Morgan fingerprint density at radius 3 is 2.91 bits per heavy atom. The normalized spacial score (nSPS) is 30.1. The summed E-state index contributed by atoms with van der Waals surface area (Å²) >= 11 is 0. The number of carbonyl (C=O) groups excluding carboxylic acids is 1. The molecular formula is C14H23N5O3. The quantitative estimate of drug-likeness (QED) is 0.766. The number of aliphatic hydroxyl groups is 1. The highest BCUT2D eigenvalue weighted by Crippen LogP contribution is 2.26. The Bertz CT molecular complexity index is 512. The number of β-amino-alcohol motifs (C(OH)–C–C–N with tert-alkyl or cyclic N) is 1. The number of hydrogen-bond donors (Lipinski definition) is 2. The average molecular weight is 309 g/mol. The number of rotatable bonds is 2. The number of nitrogens with two attached hydrogens (primary N) is 1. The minimum atomic E-state index is -0.652. The van der Waals surface area contributed by atoms with E-state index < -0.39 is 6.10 Å². The maximum atomic E-state index is 12.5. The molecule has 1 aromatic rings. The number of carbonyl (C=O) groups is 1. The Morgan fingerprint density at radius 1 is 1.36 bits per heavy atom. The molecule has 0 radical (unpaired) electrons. The van der Waals surface area contributed by atoms with Gasteiger partial charge < -0.3 is 20.5 Å². The fourth-order valence-electron chi connectivity index (χ4n) is 3.06. The molecule has 1 aromatic heterocycles. The molecule has 3 rings (SSSR count). The maximum absolute atomic E-state index is 12.5. The van der Waals surface area contributed by atoms with E-state index in [1.165, 1.54) is 0 Å². The number of amides is 1. The predicted molar refractivity (Wildman–Crippen MR) is 78.2 cm³/mol. The molecule has 8 nitrogen and oxygen atoms in total. The molecule has 0 bridgehead atoms. The number of aliphatic hydroxyl groups excluding tert-OH is 1.